The second kappa shape index (κ2) is 4.97. The molecule has 0 spiro atoms. The lowest BCUT2D eigenvalue weighted by atomic mass is 10.1. The molecule has 0 bridgehead atoms. The average molecular weight is 293 g/mol. The van der Waals surface area contributed by atoms with Crippen molar-refractivity contribution < 1.29 is 0 Å². The van der Waals surface area contributed by atoms with E-state index in [2.05, 4.69) is 57.2 Å². The van der Waals surface area contributed by atoms with Crippen molar-refractivity contribution in [2.24, 2.45) is 0 Å². The molecule has 4 rings (SSSR count). The molecule has 1 aliphatic rings. The van der Waals surface area contributed by atoms with Gasteiger partial charge >= 0.3 is 0 Å². The molecule has 1 heterocycles. The van der Waals surface area contributed by atoms with E-state index in [1.165, 1.54) is 5.56 Å². The van der Waals surface area contributed by atoms with Crippen LogP contribution in [0, 0.1) is 4.77 Å². The molecule has 104 valence electrons. The fraction of sp³-hybridized carbons (Fsp3) is 0.176. The first-order valence-corrected chi connectivity index (χ1v) is 7.53. The maximum Gasteiger partial charge on any atom is 0.199 e. The second-order valence-corrected chi connectivity index (χ2v) is 5.80. The van der Waals surface area contributed by atoms with Gasteiger partial charge in [-0.25, -0.2) is 0 Å². The van der Waals surface area contributed by atoms with Gasteiger partial charge in [0.15, 0.2) is 4.77 Å². The fourth-order valence-electron chi connectivity index (χ4n) is 2.93. The number of aromatic amines is 1. The van der Waals surface area contributed by atoms with E-state index in [4.69, 9.17) is 12.2 Å². The Labute approximate surface area is 128 Å². The Hall–Kier alpha value is -2.20. The maximum atomic E-state index is 5.40. The van der Waals surface area contributed by atoms with E-state index in [-0.39, 0.29) is 0 Å². The summed E-state index contributed by atoms with van der Waals surface area (Å²) in [5.41, 5.74) is 2.46. The van der Waals surface area contributed by atoms with Crippen molar-refractivity contribution in [3.8, 4) is 5.69 Å². The zero-order valence-electron chi connectivity index (χ0n) is 11.4. The standard InChI is InChI=1S/C17H15N3S/c21-17-19-18-16(20(17)13-9-5-2-6-10-13)15-11-14(15)12-7-3-1-4-8-12/h1-10,14-15H,11H2,(H,19,21)/t14-,15+/m1/s1. The van der Waals surface area contributed by atoms with Gasteiger partial charge in [0.2, 0.25) is 0 Å². The highest BCUT2D eigenvalue weighted by atomic mass is 32.1. The lowest BCUT2D eigenvalue weighted by Crippen LogP contribution is -2.00. The molecule has 2 aromatic carbocycles. The van der Waals surface area contributed by atoms with Gasteiger partial charge in [-0.1, -0.05) is 48.5 Å². The minimum Gasteiger partial charge on any atom is -0.272 e. The van der Waals surface area contributed by atoms with Gasteiger partial charge in [0.25, 0.3) is 0 Å². The summed E-state index contributed by atoms with van der Waals surface area (Å²) in [5, 5.41) is 7.42. The molecule has 21 heavy (non-hydrogen) atoms. The van der Waals surface area contributed by atoms with Crippen LogP contribution in [0.5, 0.6) is 0 Å². The van der Waals surface area contributed by atoms with Gasteiger partial charge in [-0.15, -0.1) is 0 Å². The summed E-state index contributed by atoms with van der Waals surface area (Å²) in [5.74, 6) is 2.04. The summed E-state index contributed by atoms with van der Waals surface area (Å²) >= 11 is 5.40. The van der Waals surface area contributed by atoms with E-state index >= 15 is 0 Å². The van der Waals surface area contributed by atoms with Gasteiger partial charge in [0.1, 0.15) is 5.82 Å². The molecular weight excluding hydrogens is 278 g/mol. The molecule has 0 radical (unpaired) electrons. The van der Waals surface area contributed by atoms with Gasteiger partial charge in [-0.2, -0.15) is 5.10 Å². The summed E-state index contributed by atoms with van der Waals surface area (Å²) < 4.78 is 2.72. The Morgan fingerprint density at radius 2 is 1.62 bits per heavy atom. The summed E-state index contributed by atoms with van der Waals surface area (Å²) in [6.07, 6.45) is 1.14. The molecule has 1 aliphatic carbocycles. The molecule has 2 atom stereocenters. The van der Waals surface area contributed by atoms with Crippen LogP contribution >= 0.6 is 12.2 Å². The number of para-hydroxylation sites is 1. The van der Waals surface area contributed by atoms with Gasteiger partial charge in [0, 0.05) is 11.6 Å². The van der Waals surface area contributed by atoms with Crippen LogP contribution in [0.1, 0.15) is 29.6 Å². The van der Waals surface area contributed by atoms with Crippen LogP contribution in [0.2, 0.25) is 0 Å². The largest absolute Gasteiger partial charge is 0.272 e. The van der Waals surface area contributed by atoms with Gasteiger partial charge in [0.05, 0.1) is 0 Å². The zero-order chi connectivity index (χ0) is 14.2. The SMILES string of the molecule is S=c1[nH]nc([C@H]2C[C@@H]2c2ccccc2)n1-c1ccccc1. The zero-order valence-corrected chi connectivity index (χ0v) is 12.3. The number of benzene rings is 2. The fourth-order valence-corrected chi connectivity index (χ4v) is 3.18. The van der Waals surface area contributed by atoms with Crippen LogP contribution in [0.15, 0.2) is 60.7 Å². The molecule has 1 N–H and O–H groups in total. The molecule has 0 unspecified atom stereocenters. The highest BCUT2D eigenvalue weighted by molar-refractivity contribution is 7.71. The lowest BCUT2D eigenvalue weighted by Gasteiger charge is -2.06. The van der Waals surface area contributed by atoms with Crippen LogP contribution in [-0.4, -0.2) is 14.8 Å². The Bertz CT molecular complexity index is 805. The Kier molecular flexibility index (Phi) is 2.97. The van der Waals surface area contributed by atoms with Crippen molar-refractivity contribution in [3.63, 3.8) is 0 Å². The highest BCUT2D eigenvalue weighted by Gasteiger charge is 2.43. The molecule has 0 amide bonds. The number of nitrogens with one attached hydrogen (secondary N) is 1. The molecule has 1 fully saturated rings. The first kappa shape index (κ1) is 12.5. The number of rotatable bonds is 3. The average Bonchev–Trinajstić information content (AvgIpc) is 3.25. The summed E-state index contributed by atoms with van der Waals surface area (Å²) in [6.45, 7) is 0. The van der Waals surface area contributed by atoms with Crippen LogP contribution < -0.4 is 0 Å². The van der Waals surface area contributed by atoms with Crippen molar-refractivity contribution in [1.82, 2.24) is 14.8 Å². The molecule has 3 nitrogen and oxygen atoms in total. The van der Waals surface area contributed by atoms with E-state index in [1.807, 2.05) is 18.2 Å². The Balaban J connectivity index is 1.71. The van der Waals surface area contributed by atoms with E-state index in [9.17, 15) is 0 Å². The third-order valence-corrected chi connectivity index (χ3v) is 4.34. The molecule has 0 saturated heterocycles. The number of H-pyrrole nitrogens is 1. The van der Waals surface area contributed by atoms with Crippen LogP contribution in [-0.2, 0) is 0 Å². The third kappa shape index (κ3) is 2.21. The molecule has 1 aromatic heterocycles. The first-order valence-electron chi connectivity index (χ1n) is 7.12. The van der Waals surface area contributed by atoms with Crippen LogP contribution in [0.3, 0.4) is 0 Å². The topological polar surface area (TPSA) is 33.6 Å². The van der Waals surface area contributed by atoms with Crippen molar-refractivity contribution >= 4 is 12.2 Å². The maximum absolute atomic E-state index is 5.40. The smallest absolute Gasteiger partial charge is 0.199 e. The van der Waals surface area contributed by atoms with Crippen molar-refractivity contribution in [2.45, 2.75) is 18.3 Å². The summed E-state index contributed by atoms with van der Waals surface area (Å²) in [7, 11) is 0. The number of nitrogens with zero attached hydrogens (tertiary/aromatic N) is 2. The van der Waals surface area contributed by atoms with Crippen LogP contribution in [0.4, 0.5) is 0 Å². The van der Waals surface area contributed by atoms with E-state index in [1.54, 1.807) is 0 Å². The number of hydrogen-bond donors (Lipinski definition) is 1. The highest BCUT2D eigenvalue weighted by Crippen LogP contribution is 2.54. The third-order valence-electron chi connectivity index (χ3n) is 4.06. The second-order valence-electron chi connectivity index (χ2n) is 5.42. The predicted molar refractivity (Wildman–Crippen MR) is 85.3 cm³/mol. The van der Waals surface area contributed by atoms with Crippen LogP contribution in [0.25, 0.3) is 5.69 Å². The minimum atomic E-state index is 0.445. The quantitative estimate of drug-likeness (QED) is 0.734. The first-order chi connectivity index (χ1) is 10.3. The Morgan fingerprint density at radius 3 is 2.33 bits per heavy atom. The normalized spacial score (nSPS) is 20.4. The molecular formula is C17H15N3S. The number of hydrogen-bond acceptors (Lipinski definition) is 2. The minimum absolute atomic E-state index is 0.445. The summed E-state index contributed by atoms with van der Waals surface area (Å²) in [4.78, 5) is 0. The molecule has 0 aliphatic heterocycles. The lowest BCUT2D eigenvalue weighted by molar-refractivity contribution is 0.846. The monoisotopic (exact) mass is 293 g/mol. The molecule has 4 heteroatoms. The van der Waals surface area contributed by atoms with Gasteiger partial charge in [-0.3, -0.25) is 9.67 Å². The predicted octanol–water partition coefficient (Wildman–Crippen LogP) is 4.20. The van der Waals surface area contributed by atoms with E-state index in [0.29, 0.717) is 16.6 Å². The molecule has 3 aromatic rings. The van der Waals surface area contributed by atoms with E-state index in [0.717, 1.165) is 17.9 Å². The van der Waals surface area contributed by atoms with Crippen molar-refractivity contribution in [3.05, 3.63) is 76.8 Å². The van der Waals surface area contributed by atoms with Crippen molar-refractivity contribution in [2.75, 3.05) is 0 Å². The number of aromatic nitrogens is 3. The summed E-state index contributed by atoms with van der Waals surface area (Å²) in [6, 6.07) is 20.8. The van der Waals surface area contributed by atoms with Gasteiger partial charge < -0.3 is 0 Å². The van der Waals surface area contributed by atoms with E-state index < -0.39 is 0 Å². The van der Waals surface area contributed by atoms with Gasteiger partial charge in [-0.05, 0) is 42.3 Å². The van der Waals surface area contributed by atoms with Crippen molar-refractivity contribution in [1.29, 1.82) is 0 Å². The Morgan fingerprint density at radius 1 is 0.952 bits per heavy atom. The molecule has 1 saturated carbocycles.